The second-order valence-electron chi connectivity index (χ2n) is 13.7. The van der Waals surface area contributed by atoms with E-state index in [-0.39, 0.29) is 29.6 Å². The third-order valence-electron chi connectivity index (χ3n) is 11.3. The monoisotopic (exact) mass is 496 g/mol. The van der Waals surface area contributed by atoms with Gasteiger partial charge in [0.15, 0.2) is 0 Å². The lowest BCUT2D eigenvalue weighted by Crippen LogP contribution is -2.52. The summed E-state index contributed by atoms with van der Waals surface area (Å²) in [5, 5.41) is 30.1. The van der Waals surface area contributed by atoms with Crippen LogP contribution in [0.25, 0.3) is 0 Å². The fourth-order valence-corrected chi connectivity index (χ4v) is 9.04. The van der Waals surface area contributed by atoms with Gasteiger partial charge in [-0.1, -0.05) is 32.4 Å². The first-order valence-electron chi connectivity index (χ1n) is 13.8. The van der Waals surface area contributed by atoms with Gasteiger partial charge in [-0.2, -0.15) is 0 Å². The predicted octanol–water partition coefficient (Wildman–Crippen LogP) is 6.59. The summed E-state index contributed by atoms with van der Waals surface area (Å²) in [6, 6.07) is 0. The molecule has 0 heterocycles. The molecule has 3 N–H and O–H groups in total. The van der Waals surface area contributed by atoms with Crippen LogP contribution in [0.3, 0.4) is 0 Å². The summed E-state index contributed by atoms with van der Waals surface area (Å²) in [6.45, 7) is 9.28. The lowest BCUT2D eigenvalue weighted by molar-refractivity contribution is -0.168. The molecule has 0 saturated heterocycles. The molecular formula is C29H46F2O4. The van der Waals surface area contributed by atoms with Crippen LogP contribution in [0.1, 0.15) is 105 Å². The number of aliphatic carboxylic acids is 1. The van der Waals surface area contributed by atoms with Gasteiger partial charge in [0.1, 0.15) is 5.60 Å². The Kier molecular flexibility index (Phi) is 6.79. The van der Waals surface area contributed by atoms with E-state index in [4.69, 9.17) is 0 Å². The lowest BCUT2D eigenvalue weighted by Gasteiger charge is -2.59. The Morgan fingerprint density at radius 2 is 1.83 bits per heavy atom. The molecular weight excluding hydrogens is 450 g/mol. The minimum Gasteiger partial charge on any atom is -0.481 e. The molecule has 3 saturated carbocycles. The number of hydrogen-bond acceptors (Lipinski definition) is 3. The predicted molar refractivity (Wildman–Crippen MR) is 132 cm³/mol. The van der Waals surface area contributed by atoms with Crippen LogP contribution in [-0.2, 0) is 4.79 Å². The van der Waals surface area contributed by atoms with Crippen LogP contribution in [0, 0.1) is 40.4 Å². The first-order valence-corrected chi connectivity index (χ1v) is 13.8. The zero-order valence-electron chi connectivity index (χ0n) is 22.2. The van der Waals surface area contributed by atoms with Crippen molar-refractivity contribution in [1.29, 1.82) is 0 Å². The van der Waals surface area contributed by atoms with E-state index in [0.717, 1.165) is 38.5 Å². The van der Waals surface area contributed by atoms with E-state index in [1.54, 1.807) is 0 Å². The molecule has 0 aliphatic heterocycles. The Morgan fingerprint density at radius 1 is 1.14 bits per heavy atom. The topological polar surface area (TPSA) is 77.8 Å². The minimum absolute atomic E-state index is 0.0213. The van der Waals surface area contributed by atoms with Crippen LogP contribution in [0.15, 0.2) is 11.6 Å². The van der Waals surface area contributed by atoms with E-state index >= 15 is 0 Å². The smallest absolute Gasteiger partial charge is 0.306 e. The number of carboxylic acids is 1. The number of alkyl halides is 2. The molecule has 0 bridgehead atoms. The molecule has 0 aromatic heterocycles. The second kappa shape index (κ2) is 8.79. The van der Waals surface area contributed by atoms with E-state index in [2.05, 4.69) is 26.8 Å². The maximum Gasteiger partial charge on any atom is 0.306 e. The van der Waals surface area contributed by atoms with Gasteiger partial charge in [0.2, 0.25) is 0 Å². The quantitative estimate of drug-likeness (QED) is 0.347. The van der Waals surface area contributed by atoms with Gasteiger partial charge in [-0.25, -0.2) is 8.78 Å². The number of carboxylic acid groups (broad SMARTS) is 1. The van der Waals surface area contributed by atoms with E-state index in [1.165, 1.54) is 19.4 Å². The van der Waals surface area contributed by atoms with Crippen molar-refractivity contribution in [2.75, 3.05) is 0 Å². The highest BCUT2D eigenvalue weighted by Crippen LogP contribution is 2.68. The van der Waals surface area contributed by atoms with Gasteiger partial charge in [-0.3, -0.25) is 4.79 Å². The van der Waals surface area contributed by atoms with Crippen LogP contribution < -0.4 is 0 Å². The van der Waals surface area contributed by atoms with Crippen LogP contribution in [0.2, 0.25) is 0 Å². The molecule has 0 aromatic carbocycles. The molecule has 200 valence electrons. The van der Waals surface area contributed by atoms with Crippen LogP contribution in [0.4, 0.5) is 8.78 Å². The van der Waals surface area contributed by atoms with Gasteiger partial charge in [-0.15, -0.1) is 0 Å². The highest BCUT2D eigenvalue weighted by atomic mass is 19.3. The molecule has 35 heavy (non-hydrogen) atoms. The molecule has 0 radical (unpaired) electrons. The van der Waals surface area contributed by atoms with Gasteiger partial charge in [0, 0.05) is 6.42 Å². The third-order valence-corrected chi connectivity index (χ3v) is 11.3. The molecule has 0 amide bonds. The first kappa shape index (κ1) is 27.0. The van der Waals surface area contributed by atoms with E-state index in [9.17, 15) is 28.9 Å². The Balaban J connectivity index is 1.48. The van der Waals surface area contributed by atoms with Crippen molar-refractivity contribution in [3.63, 3.8) is 0 Å². The molecule has 8 atom stereocenters. The van der Waals surface area contributed by atoms with E-state index in [1.807, 2.05) is 0 Å². The number of carbonyl (C=O) groups is 1. The summed E-state index contributed by atoms with van der Waals surface area (Å²) in [7, 11) is 0. The molecule has 0 unspecified atom stereocenters. The van der Waals surface area contributed by atoms with Crippen molar-refractivity contribution in [3.05, 3.63) is 11.6 Å². The number of allylic oxidation sites excluding steroid dienone is 1. The summed E-state index contributed by atoms with van der Waals surface area (Å²) < 4.78 is 28.9. The van der Waals surface area contributed by atoms with Crippen molar-refractivity contribution in [2.45, 2.75) is 122 Å². The van der Waals surface area contributed by atoms with E-state index < -0.39 is 23.1 Å². The average Bonchev–Trinajstić information content (AvgIpc) is 3.08. The Labute approximate surface area is 209 Å². The number of aliphatic hydroxyl groups is 2. The highest BCUT2D eigenvalue weighted by Gasteiger charge is 2.60. The Bertz CT molecular complexity index is 863. The summed E-state index contributed by atoms with van der Waals surface area (Å²) in [5.41, 5.74) is -1.69. The number of rotatable bonds is 7. The van der Waals surface area contributed by atoms with Gasteiger partial charge in [0.05, 0.1) is 12.0 Å². The summed E-state index contributed by atoms with van der Waals surface area (Å²) in [4.78, 5) is 11.3. The van der Waals surface area contributed by atoms with Crippen molar-refractivity contribution in [3.8, 4) is 0 Å². The molecule has 0 spiro atoms. The zero-order chi connectivity index (χ0) is 26.0. The van der Waals surface area contributed by atoms with Gasteiger partial charge in [-0.05, 0) is 112 Å². The normalized spacial score (nSPS) is 42.5. The second-order valence-corrected chi connectivity index (χ2v) is 13.7. The minimum atomic E-state index is -3.08. The molecule has 0 aromatic rings. The maximum absolute atomic E-state index is 14.4. The Hall–Kier alpha value is -1.01. The third kappa shape index (κ3) is 4.60. The Morgan fingerprint density at radius 3 is 2.46 bits per heavy atom. The average molecular weight is 497 g/mol. The molecule has 3 fully saturated rings. The summed E-state index contributed by atoms with van der Waals surface area (Å²) in [5.74, 6) is -1.70. The van der Waals surface area contributed by atoms with Gasteiger partial charge >= 0.3 is 5.97 Å². The molecule has 4 aliphatic rings. The highest BCUT2D eigenvalue weighted by molar-refractivity contribution is 5.68. The van der Waals surface area contributed by atoms with Crippen molar-refractivity contribution in [1.82, 2.24) is 0 Å². The number of hydrogen-bond donors (Lipinski definition) is 3. The summed E-state index contributed by atoms with van der Waals surface area (Å²) in [6.07, 6.45) is 9.57. The van der Waals surface area contributed by atoms with Crippen molar-refractivity contribution in [2.24, 2.45) is 40.4 Å². The largest absolute Gasteiger partial charge is 0.481 e. The SMILES string of the molecule is C[C@H](CCC(F)(F)C(C)(C)O)[C@H]1CC[C@H]2[C@@H]3CC=C4C[C@](O)(CC(=O)O)CC[C@]4(C)[C@H]3CC[C@]12C. The fourth-order valence-electron chi connectivity index (χ4n) is 9.04. The van der Waals surface area contributed by atoms with Gasteiger partial charge < -0.3 is 15.3 Å². The number of fused-ring (bicyclic) bond motifs is 5. The van der Waals surface area contributed by atoms with Crippen molar-refractivity contribution < 1.29 is 28.9 Å². The standard InChI is InChI=1S/C29H46F2O4/c1-18(10-13-29(30,31)25(2,3)34)21-8-9-22-20-7-6-19-16-28(35,17-24(32)33)15-14-26(19,4)23(20)11-12-27(21,22)5/h6,18,20-23,34-35H,7-17H2,1-5H3,(H,32,33)/t18-,20+,21-,22+,23+,26+,27-,28+/m1/s1. The summed E-state index contributed by atoms with van der Waals surface area (Å²) >= 11 is 0. The van der Waals surface area contributed by atoms with Crippen LogP contribution in [-0.4, -0.2) is 38.4 Å². The lowest BCUT2D eigenvalue weighted by atomic mass is 9.46. The molecule has 4 rings (SSSR count). The zero-order valence-corrected chi connectivity index (χ0v) is 22.2. The molecule has 6 heteroatoms. The molecule has 4 aliphatic carbocycles. The van der Waals surface area contributed by atoms with Gasteiger partial charge in [0.25, 0.3) is 5.92 Å². The van der Waals surface area contributed by atoms with E-state index in [0.29, 0.717) is 42.9 Å². The van der Waals surface area contributed by atoms with Crippen LogP contribution in [0.5, 0.6) is 0 Å². The first-order chi connectivity index (χ1) is 16.0. The van der Waals surface area contributed by atoms with Crippen molar-refractivity contribution >= 4 is 5.97 Å². The molecule has 4 nitrogen and oxygen atoms in total. The van der Waals surface area contributed by atoms with Crippen LogP contribution >= 0.6 is 0 Å². The number of halogens is 2. The maximum atomic E-state index is 14.4. The fraction of sp³-hybridized carbons (Fsp3) is 0.897.